The van der Waals surface area contributed by atoms with Crippen LogP contribution in [0.15, 0.2) is 71.8 Å². The van der Waals surface area contributed by atoms with Gasteiger partial charge >= 0.3 is 5.97 Å². The van der Waals surface area contributed by atoms with Crippen molar-refractivity contribution in [3.8, 4) is 11.8 Å². The Kier molecular flexibility index (Phi) is 8.68. The summed E-state index contributed by atoms with van der Waals surface area (Å²) >= 11 is 1.31. The Balaban J connectivity index is 1.61. The molecule has 3 aromatic rings. The summed E-state index contributed by atoms with van der Waals surface area (Å²) in [6, 6.07) is 19.6. The number of nitrogens with one attached hydrogen (secondary N) is 2. The lowest BCUT2D eigenvalue weighted by Gasteiger charge is -2.12. The maximum absolute atomic E-state index is 12.6. The van der Waals surface area contributed by atoms with E-state index in [0.29, 0.717) is 18.1 Å². The van der Waals surface area contributed by atoms with Crippen LogP contribution in [-0.2, 0) is 9.53 Å². The van der Waals surface area contributed by atoms with Gasteiger partial charge in [0, 0.05) is 16.8 Å². The second kappa shape index (κ2) is 12.1. The lowest BCUT2D eigenvalue weighted by Crippen LogP contribution is -2.21. The number of esters is 1. The molecule has 0 aliphatic carbocycles. The molecule has 168 valence electrons. The maximum Gasteiger partial charge on any atom is 0.342 e. The number of carbonyl (C=O) groups is 2. The first kappa shape index (κ1) is 23.6. The van der Waals surface area contributed by atoms with Gasteiger partial charge in [-0.05, 0) is 55.5 Å². The summed E-state index contributed by atoms with van der Waals surface area (Å²) in [5.41, 5.74) is 1.47. The number of hydrogen-bond acceptors (Lipinski definition) is 8. The number of aromatic nitrogens is 1. The Labute approximate surface area is 195 Å². The van der Waals surface area contributed by atoms with Crippen LogP contribution in [0.2, 0.25) is 0 Å². The Morgan fingerprint density at radius 3 is 2.64 bits per heavy atom. The van der Waals surface area contributed by atoms with Gasteiger partial charge in [0.15, 0.2) is 6.61 Å². The third-order valence-corrected chi connectivity index (χ3v) is 5.18. The Hall–Kier alpha value is -4.03. The molecule has 0 aliphatic rings. The fourth-order valence-corrected chi connectivity index (χ4v) is 3.48. The number of para-hydroxylation sites is 1. The minimum atomic E-state index is -0.682. The van der Waals surface area contributed by atoms with Gasteiger partial charge < -0.3 is 20.1 Å². The van der Waals surface area contributed by atoms with Gasteiger partial charge in [0.1, 0.15) is 17.1 Å². The molecule has 0 fully saturated rings. The first-order valence-corrected chi connectivity index (χ1v) is 11.1. The van der Waals surface area contributed by atoms with Crippen LogP contribution in [0.3, 0.4) is 0 Å². The molecule has 0 spiro atoms. The molecular formula is C24H22N4O4S. The van der Waals surface area contributed by atoms with Crippen LogP contribution in [-0.4, -0.2) is 35.8 Å². The minimum Gasteiger partial charge on any atom is -0.494 e. The number of hydrogen-bond donors (Lipinski definition) is 2. The molecule has 9 heteroatoms. The van der Waals surface area contributed by atoms with Gasteiger partial charge in [-0.15, -0.1) is 11.8 Å². The average molecular weight is 463 g/mol. The molecule has 8 nitrogen and oxygen atoms in total. The summed E-state index contributed by atoms with van der Waals surface area (Å²) < 4.78 is 10.6. The predicted octanol–water partition coefficient (Wildman–Crippen LogP) is 4.64. The Bertz CT molecular complexity index is 1150. The van der Waals surface area contributed by atoms with E-state index in [1.54, 1.807) is 36.5 Å². The lowest BCUT2D eigenvalue weighted by molar-refractivity contribution is -0.119. The number of rotatable bonds is 10. The van der Waals surface area contributed by atoms with Gasteiger partial charge in [0.2, 0.25) is 0 Å². The number of nitriles is 1. The highest BCUT2D eigenvalue weighted by atomic mass is 32.2. The van der Waals surface area contributed by atoms with Crippen LogP contribution in [0, 0.1) is 11.3 Å². The van der Waals surface area contributed by atoms with Gasteiger partial charge in [-0.3, -0.25) is 4.79 Å². The number of benzene rings is 2. The molecule has 0 radical (unpaired) electrons. The second-order valence-electron chi connectivity index (χ2n) is 6.55. The molecule has 0 saturated heterocycles. The smallest absolute Gasteiger partial charge is 0.342 e. The number of anilines is 3. The van der Waals surface area contributed by atoms with E-state index in [2.05, 4.69) is 15.6 Å². The summed E-state index contributed by atoms with van der Waals surface area (Å²) in [7, 11) is 0. The Morgan fingerprint density at radius 2 is 1.88 bits per heavy atom. The molecule has 0 atom stereocenters. The second-order valence-corrected chi connectivity index (χ2v) is 7.57. The van der Waals surface area contributed by atoms with Gasteiger partial charge in [-0.1, -0.05) is 12.1 Å². The fraction of sp³-hybridized carbons (Fsp3) is 0.167. The number of carbonyl (C=O) groups excluding carboxylic acids is 2. The van der Waals surface area contributed by atoms with Crippen molar-refractivity contribution in [2.24, 2.45) is 0 Å². The molecule has 1 aromatic heterocycles. The molecular weight excluding hydrogens is 440 g/mol. The van der Waals surface area contributed by atoms with Crippen LogP contribution in [0.5, 0.6) is 5.75 Å². The molecule has 1 heterocycles. The van der Waals surface area contributed by atoms with Crippen LogP contribution in [0.25, 0.3) is 0 Å². The molecule has 0 aliphatic heterocycles. The maximum atomic E-state index is 12.6. The van der Waals surface area contributed by atoms with E-state index in [1.165, 1.54) is 11.8 Å². The van der Waals surface area contributed by atoms with Gasteiger partial charge in [-0.25, -0.2) is 9.78 Å². The van der Waals surface area contributed by atoms with E-state index < -0.39 is 18.5 Å². The van der Waals surface area contributed by atoms with E-state index in [9.17, 15) is 9.59 Å². The summed E-state index contributed by atoms with van der Waals surface area (Å²) in [6.45, 7) is 2.01. The SMILES string of the molecule is CCOc1ccc(Nc2ncccc2C(=O)OCC(=O)Nc2ccccc2SCC#N)cc1. The van der Waals surface area contributed by atoms with E-state index in [4.69, 9.17) is 14.7 Å². The van der Waals surface area contributed by atoms with Crippen molar-refractivity contribution in [1.29, 1.82) is 5.26 Å². The van der Waals surface area contributed by atoms with Crippen molar-refractivity contribution in [2.45, 2.75) is 11.8 Å². The summed E-state index contributed by atoms with van der Waals surface area (Å²) in [5, 5.41) is 14.6. The Morgan fingerprint density at radius 1 is 1.09 bits per heavy atom. The fourth-order valence-electron chi connectivity index (χ4n) is 2.81. The molecule has 3 rings (SSSR count). The van der Waals surface area contributed by atoms with Gasteiger partial charge in [0.05, 0.1) is 24.1 Å². The van der Waals surface area contributed by atoms with Crippen molar-refractivity contribution < 1.29 is 19.1 Å². The van der Waals surface area contributed by atoms with Crippen molar-refractivity contribution in [3.05, 3.63) is 72.4 Å². The highest BCUT2D eigenvalue weighted by Crippen LogP contribution is 2.26. The molecule has 0 bridgehead atoms. The zero-order valence-electron chi connectivity index (χ0n) is 17.9. The zero-order chi connectivity index (χ0) is 23.5. The van der Waals surface area contributed by atoms with Crippen LogP contribution < -0.4 is 15.4 Å². The third-order valence-electron chi connectivity index (χ3n) is 4.24. The number of ether oxygens (including phenoxy) is 2. The largest absolute Gasteiger partial charge is 0.494 e. The van der Waals surface area contributed by atoms with Crippen LogP contribution >= 0.6 is 11.8 Å². The summed E-state index contributed by atoms with van der Waals surface area (Å²) in [5.74, 6) is 0.136. The van der Waals surface area contributed by atoms with E-state index >= 15 is 0 Å². The molecule has 0 saturated carbocycles. The molecule has 2 N–H and O–H groups in total. The van der Waals surface area contributed by atoms with Crippen LogP contribution in [0.4, 0.5) is 17.2 Å². The lowest BCUT2D eigenvalue weighted by atomic mass is 10.2. The number of nitrogens with zero attached hydrogens (tertiary/aromatic N) is 2. The molecule has 1 amide bonds. The summed E-state index contributed by atoms with van der Waals surface area (Å²) in [6.07, 6.45) is 1.55. The highest BCUT2D eigenvalue weighted by molar-refractivity contribution is 7.99. The highest BCUT2D eigenvalue weighted by Gasteiger charge is 2.16. The predicted molar refractivity (Wildman–Crippen MR) is 127 cm³/mol. The van der Waals surface area contributed by atoms with Gasteiger partial charge in [-0.2, -0.15) is 5.26 Å². The van der Waals surface area contributed by atoms with Crippen molar-refractivity contribution in [1.82, 2.24) is 4.98 Å². The molecule has 33 heavy (non-hydrogen) atoms. The van der Waals surface area contributed by atoms with Crippen molar-refractivity contribution >= 4 is 40.8 Å². The topological polar surface area (TPSA) is 113 Å². The third kappa shape index (κ3) is 6.98. The quantitative estimate of drug-likeness (QED) is 0.331. The van der Waals surface area contributed by atoms with E-state index in [-0.39, 0.29) is 11.3 Å². The number of thioether (sulfide) groups is 1. The minimum absolute atomic E-state index is 0.198. The van der Waals surface area contributed by atoms with E-state index in [1.807, 2.05) is 43.3 Å². The van der Waals surface area contributed by atoms with Crippen molar-refractivity contribution in [3.63, 3.8) is 0 Å². The van der Waals surface area contributed by atoms with Gasteiger partial charge in [0.25, 0.3) is 5.91 Å². The molecule has 0 unspecified atom stereocenters. The first-order chi connectivity index (χ1) is 16.1. The summed E-state index contributed by atoms with van der Waals surface area (Å²) in [4.78, 5) is 29.9. The number of pyridine rings is 1. The van der Waals surface area contributed by atoms with Crippen LogP contribution in [0.1, 0.15) is 17.3 Å². The average Bonchev–Trinajstić information content (AvgIpc) is 2.84. The number of amides is 1. The van der Waals surface area contributed by atoms with Crippen molar-refractivity contribution in [2.75, 3.05) is 29.6 Å². The molecule has 2 aromatic carbocycles. The normalized spacial score (nSPS) is 10.1. The van der Waals surface area contributed by atoms with E-state index in [0.717, 1.165) is 16.3 Å². The standard InChI is InChI=1S/C24H22N4O4S/c1-2-31-18-11-9-17(10-12-18)27-23-19(6-5-14-26-23)24(30)32-16-22(29)28-20-7-3-4-8-21(20)33-15-13-25/h3-12,14H,2,15-16H2,1H3,(H,26,27)(H,28,29). The monoisotopic (exact) mass is 462 g/mol. The first-order valence-electron chi connectivity index (χ1n) is 10.1. The zero-order valence-corrected chi connectivity index (χ0v) is 18.7.